The Morgan fingerprint density at radius 2 is 2.04 bits per heavy atom. The summed E-state index contributed by atoms with van der Waals surface area (Å²) in [6.45, 7) is 14.8. The summed E-state index contributed by atoms with van der Waals surface area (Å²) in [7, 11) is 2.19. The molecular weight excluding hydrogens is 334 g/mol. The molecule has 1 saturated carbocycles. The van der Waals surface area contributed by atoms with E-state index in [0.717, 1.165) is 64.1 Å². The van der Waals surface area contributed by atoms with Crippen LogP contribution >= 0.6 is 0 Å². The Balaban J connectivity index is 1.58. The number of aryl methyl sites for hydroxylation is 1. The summed E-state index contributed by atoms with van der Waals surface area (Å²) in [4.78, 5) is 17.1. The van der Waals surface area contributed by atoms with Crippen LogP contribution in [0, 0.1) is 5.92 Å². The molecule has 2 aliphatic rings. The Hall–Kier alpha value is -1.46. The maximum absolute atomic E-state index is 4.99. The first-order valence-electron chi connectivity index (χ1n) is 10.8. The lowest BCUT2D eigenvalue weighted by atomic mass is 9.91. The molecule has 0 amide bonds. The minimum Gasteiger partial charge on any atom is -0.338 e. The van der Waals surface area contributed by atoms with Gasteiger partial charge in [0, 0.05) is 57.9 Å². The van der Waals surface area contributed by atoms with Crippen LogP contribution in [0.3, 0.4) is 0 Å². The van der Waals surface area contributed by atoms with Gasteiger partial charge in [0.25, 0.3) is 0 Å². The first-order chi connectivity index (χ1) is 13.1. The van der Waals surface area contributed by atoms with Gasteiger partial charge in [-0.05, 0) is 37.8 Å². The smallest absolute Gasteiger partial charge is 0.225 e. The van der Waals surface area contributed by atoms with Gasteiger partial charge < -0.3 is 9.80 Å². The molecule has 0 aromatic carbocycles. The van der Waals surface area contributed by atoms with E-state index in [1.807, 2.05) is 6.08 Å². The molecule has 150 valence electrons. The van der Waals surface area contributed by atoms with E-state index in [0.29, 0.717) is 5.92 Å². The number of likely N-dealkylation sites (N-methyl/N-ethyl adjacent to an activating group) is 1. The van der Waals surface area contributed by atoms with Crippen molar-refractivity contribution < 1.29 is 0 Å². The van der Waals surface area contributed by atoms with Gasteiger partial charge in [0.05, 0.1) is 5.69 Å². The Bertz CT molecular complexity index is 605. The molecule has 5 nitrogen and oxygen atoms in total. The van der Waals surface area contributed by atoms with Gasteiger partial charge in [0.1, 0.15) is 0 Å². The molecule has 1 aliphatic heterocycles. The zero-order chi connectivity index (χ0) is 19.2. The van der Waals surface area contributed by atoms with E-state index in [1.165, 1.54) is 30.5 Å². The van der Waals surface area contributed by atoms with Gasteiger partial charge >= 0.3 is 0 Å². The Morgan fingerprint density at radius 1 is 1.30 bits per heavy atom. The van der Waals surface area contributed by atoms with Crippen LogP contribution in [0.5, 0.6) is 0 Å². The Kier molecular flexibility index (Phi) is 7.25. The van der Waals surface area contributed by atoms with E-state index >= 15 is 0 Å². The Morgan fingerprint density at radius 3 is 2.63 bits per heavy atom. The van der Waals surface area contributed by atoms with Crippen molar-refractivity contribution in [1.82, 2.24) is 19.8 Å². The van der Waals surface area contributed by atoms with Gasteiger partial charge in [-0.1, -0.05) is 26.3 Å². The summed E-state index contributed by atoms with van der Waals surface area (Å²) in [5, 5.41) is 0. The second-order valence-corrected chi connectivity index (χ2v) is 8.33. The van der Waals surface area contributed by atoms with Crippen molar-refractivity contribution in [2.24, 2.45) is 5.92 Å². The predicted octanol–water partition coefficient (Wildman–Crippen LogP) is 3.01. The maximum atomic E-state index is 4.99. The fourth-order valence-corrected chi connectivity index (χ4v) is 4.09. The first kappa shape index (κ1) is 20.3. The molecule has 1 atom stereocenters. The van der Waals surface area contributed by atoms with E-state index < -0.39 is 0 Å². The molecule has 27 heavy (non-hydrogen) atoms. The molecule has 2 fully saturated rings. The zero-order valence-electron chi connectivity index (χ0n) is 17.5. The molecule has 0 bridgehead atoms. The van der Waals surface area contributed by atoms with Gasteiger partial charge in [0.2, 0.25) is 5.95 Å². The molecule has 2 heterocycles. The van der Waals surface area contributed by atoms with Crippen molar-refractivity contribution in [2.75, 3.05) is 51.2 Å². The van der Waals surface area contributed by atoms with Gasteiger partial charge in [-0.25, -0.2) is 9.97 Å². The lowest BCUT2D eigenvalue weighted by Crippen LogP contribution is -2.52. The van der Waals surface area contributed by atoms with Crippen molar-refractivity contribution >= 4 is 5.95 Å². The molecule has 1 aromatic heterocycles. The molecule has 1 aromatic rings. The summed E-state index contributed by atoms with van der Waals surface area (Å²) in [5.41, 5.74) is 2.51. The third-order valence-corrected chi connectivity index (χ3v) is 6.24. The largest absolute Gasteiger partial charge is 0.338 e. The summed E-state index contributed by atoms with van der Waals surface area (Å²) in [6, 6.07) is 0.847. The van der Waals surface area contributed by atoms with Crippen LogP contribution in [0.4, 0.5) is 5.95 Å². The van der Waals surface area contributed by atoms with Gasteiger partial charge in [-0.3, -0.25) is 4.90 Å². The third kappa shape index (κ3) is 5.29. The fraction of sp³-hybridized carbons (Fsp3) is 0.727. The van der Waals surface area contributed by atoms with Crippen LogP contribution < -0.4 is 4.90 Å². The molecule has 1 unspecified atom stereocenters. The average molecular weight is 372 g/mol. The van der Waals surface area contributed by atoms with Gasteiger partial charge in [-0.2, -0.15) is 0 Å². The average Bonchev–Trinajstić information content (AvgIpc) is 2.65. The SMILES string of the molecule is C=CC(C)CN(C)CCc1nc(N2CCN(C3CCC3)CC2)ncc1CC. The quantitative estimate of drug-likeness (QED) is 0.624. The van der Waals surface area contributed by atoms with Crippen LogP contribution in [-0.2, 0) is 12.8 Å². The van der Waals surface area contributed by atoms with E-state index in [2.05, 4.69) is 48.4 Å². The van der Waals surface area contributed by atoms with Crippen molar-refractivity contribution in [1.29, 1.82) is 0 Å². The minimum absolute atomic E-state index is 0.522. The number of aromatic nitrogens is 2. The minimum atomic E-state index is 0.522. The molecule has 5 heteroatoms. The maximum Gasteiger partial charge on any atom is 0.225 e. The summed E-state index contributed by atoms with van der Waals surface area (Å²) in [5.74, 6) is 1.45. The Labute approximate surface area is 165 Å². The van der Waals surface area contributed by atoms with Gasteiger partial charge in [-0.15, -0.1) is 6.58 Å². The van der Waals surface area contributed by atoms with Crippen LogP contribution in [0.25, 0.3) is 0 Å². The number of hydrogen-bond acceptors (Lipinski definition) is 5. The van der Waals surface area contributed by atoms with E-state index in [4.69, 9.17) is 9.97 Å². The van der Waals surface area contributed by atoms with E-state index in [1.54, 1.807) is 0 Å². The highest BCUT2D eigenvalue weighted by molar-refractivity contribution is 5.34. The predicted molar refractivity (Wildman–Crippen MR) is 113 cm³/mol. The van der Waals surface area contributed by atoms with E-state index in [-0.39, 0.29) is 0 Å². The number of hydrogen-bond donors (Lipinski definition) is 0. The number of rotatable bonds is 9. The second kappa shape index (κ2) is 9.65. The van der Waals surface area contributed by atoms with Crippen LogP contribution in [0.2, 0.25) is 0 Å². The van der Waals surface area contributed by atoms with Crippen LogP contribution in [-0.4, -0.2) is 72.1 Å². The van der Waals surface area contributed by atoms with Crippen LogP contribution in [0.15, 0.2) is 18.9 Å². The molecular formula is C22H37N5. The van der Waals surface area contributed by atoms with Crippen molar-refractivity contribution in [2.45, 2.75) is 52.0 Å². The molecule has 3 rings (SSSR count). The summed E-state index contributed by atoms with van der Waals surface area (Å²) >= 11 is 0. The number of piperazine rings is 1. The highest BCUT2D eigenvalue weighted by Crippen LogP contribution is 2.26. The summed E-state index contributed by atoms with van der Waals surface area (Å²) < 4.78 is 0. The molecule has 1 saturated heterocycles. The summed E-state index contributed by atoms with van der Waals surface area (Å²) in [6.07, 6.45) is 10.3. The standard InChI is InChI=1S/C22H37N5/c1-5-18(3)17-25(4)11-10-21-19(6-2)16-23-22(24-21)27-14-12-26(13-15-27)20-8-7-9-20/h5,16,18,20H,1,6-15,17H2,2-4H3. The van der Waals surface area contributed by atoms with Crippen molar-refractivity contribution in [3.05, 3.63) is 30.1 Å². The highest BCUT2D eigenvalue weighted by Gasteiger charge is 2.28. The van der Waals surface area contributed by atoms with E-state index in [9.17, 15) is 0 Å². The third-order valence-electron chi connectivity index (χ3n) is 6.24. The molecule has 0 spiro atoms. The monoisotopic (exact) mass is 371 g/mol. The molecule has 0 N–H and O–H groups in total. The highest BCUT2D eigenvalue weighted by atomic mass is 15.3. The number of nitrogens with zero attached hydrogens (tertiary/aromatic N) is 5. The first-order valence-corrected chi connectivity index (χ1v) is 10.8. The zero-order valence-corrected chi connectivity index (χ0v) is 17.5. The second-order valence-electron chi connectivity index (χ2n) is 8.33. The molecule has 0 radical (unpaired) electrons. The fourth-order valence-electron chi connectivity index (χ4n) is 4.09. The normalized spacial score (nSPS) is 19.9. The lowest BCUT2D eigenvalue weighted by Gasteiger charge is -2.43. The van der Waals surface area contributed by atoms with Crippen LogP contribution in [0.1, 0.15) is 44.4 Å². The van der Waals surface area contributed by atoms with Crippen molar-refractivity contribution in [3.63, 3.8) is 0 Å². The van der Waals surface area contributed by atoms with Crippen molar-refractivity contribution in [3.8, 4) is 0 Å². The lowest BCUT2D eigenvalue weighted by molar-refractivity contribution is 0.120. The number of anilines is 1. The van der Waals surface area contributed by atoms with Gasteiger partial charge in [0.15, 0.2) is 0 Å². The molecule has 1 aliphatic carbocycles. The topological polar surface area (TPSA) is 35.5 Å².